The van der Waals surface area contributed by atoms with E-state index in [-0.39, 0.29) is 0 Å². The Morgan fingerprint density at radius 3 is 2.53 bits per heavy atom. The highest BCUT2D eigenvalue weighted by molar-refractivity contribution is 6.30. The van der Waals surface area contributed by atoms with Crippen LogP contribution in [-0.2, 0) is 0 Å². The first kappa shape index (κ1) is 11.9. The van der Waals surface area contributed by atoms with Crippen LogP contribution in [0.5, 0.6) is 5.75 Å². The van der Waals surface area contributed by atoms with Gasteiger partial charge in [0.05, 0.1) is 12.8 Å². The Hall–Kier alpha value is -1.61. The second-order valence-corrected chi connectivity index (χ2v) is 4.22. The van der Waals surface area contributed by atoms with Gasteiger partial charge in [0.25, 0.3) is 0 Å². The molecule has 1 aromatic carbocycles. The predicted molar refractivity (Wildman–Crippen MR) is 68.5 cm³/mol. The highest BCUT2D eigenvalue weighted by Crippen LogP contribution is 2.31. The molecule has 0 bridgehead atoms. The van der Waals surface area contributed by atoms with Gasteiger partial charge in [-0.15, -0.1) is 0 Å². The minimum atomic E-state index is 0.662. The van der Waals surface area contributed by atoms with E-state index in [0.29, 0.717) is 5.02 Å². The Morgan fingerprint density at radius 1 is 1.12 bits per heavy atom. The summed E-state index contributed by atoms with van der Waals surface area (Å²) in [5.41, 5.74) is 2.64. The van der Waals surface area contributed by atoms with Gasteiger partial charge in [0.1, 0.15) is 11.6 Å². The van der Waals surface area contributed by atoms with Gasteiger partial charge in [0.15, 0.2) is 0 Å². The number of rotatable bonds is 2. The van der Waals surface area contributed by atoms with Crippen molar-refractivity contribution in [3.8, 4) is 17.0 Å². The van der Waals surface area contributed by atoms with Gasteiger partial charge >= 0.3 is 0 Å². The van der Waals surface area contributed by atoms with Crippen LogP contribution in [0.15, 0.2) is 24.3 Å². The molecule has 0 amide bonds. The molecule has 3 nitrogen and oxygen atoms in total. The number of ether oxygens (including phenoxy) is 1. The summed E-state index contributed by atoms with van der Waals surface area (Å²) in [6.45, 7) is 3.81. The third-order valence-corrected chi connectivity index (χ3v) is 2.64. The third-order valence-electron chi connectivity index (χ3n) is 2.40. The molecule has 4 heteroatoms. The summed E-state index contributed by atoms with van der Waals surface area (Å²) in [6.07, 6.45) is 0. The highest BCUT2D eigenvalue weighted by Gasteiger charge is 2.09. The number of hydrogen-bond acceptors (Lipinski definition) is 3. The van der Waals surface area contributed by atoms with Gasteiger partial charge in [-0.25, -0.2) is 9.97 Å². The molecule has 0 aliphatic carbocycles. The first-order chi connectivity index (χ1) is 8.10. The van der Waals surface area contributed by atoms with Gasteiger partial charge in [0.2, 0.25) is 0 Å². The van der Waals surface area contributed by atoms with Crippen molar-refractivity contribution in [3.05, 3.63) is 40.8 Å². The first-order valence-corrected chi connectivity index (χ1v) is 5.64. The Kier molecular flexibility index (Phi) is 3.29. The van der Waals surface area contributed by atoms with Crippen LogP contribution in [0, 0.1) is 13.8 Å². The van der Waals surface area contributed by atoms with Crippen LogP contribution in [0.25, 0.3) is 11.3 Å². The number of methoxy groups -OCH3 is 1. The molecule has 1 aromatic heterocycles. The number of aryl methyl sites for hydroxylation is 2. The molecule has 2 aromatic rings. The molecule has 88 valence electrons. The average Bonchev–Trinajstić information content (AvgIpc) is 2.27. The lowest BCUT2D eigenvalue weighted by Gasteiger charge is -2.09. The number of aromatic nitrogens is 2. The largest absolute Gasteiger partial charge is 0.496 e. The Labute approximate surface area is 105 Å². The minimum Gasteiger partial charge on any atom is -0.496 e. The lowest BCUT2D eigenvalue weighted by Crippen LogP contribution is -1.95. The lowest BCUT2D eigenvalue weighted by molar-refractivity contribution is 0.416. The molecule has 0 fully saturated rings. The van der Waals surface area contributed by atoms with E-state index in [1.165, 1.54) is 0 Å². The zero-order chi connectivity index (χ0) is 12.4. The fourth-order valence-electron chi connectivity index (χ4n) is 1.74. The Morgan fingerprint density at radius 2 is 1.88 bits per heavy atom. The fraction of sp³-hybridized carbons (Fsp3) is 0.231. The maximum absolute atomic E-state index is 6.00. The molecule has 0 aliphatic rings. The van der Waals surface area contributed by atoms with Crippen LogP contribution in [0.3, 0.4) is 0 Å². The van der Waals surface area contributed by atoms with Crippen molar-refractivity contribution < 1.29 is 4.74 Å². The topological polar surface area (TPSA) is 35.0 Å². The zero-order valence-corrected chi connectivity index (χ0v) is 10.7. The molecule has 2 rings (SSSR count). The number of benzene rings is 1. The van der Waals surface area contributed by atoms with Crippen molar-refractivity contribution in [2.24, 2.45) is 0 Å². The average molecular weight is 249 g/mol. The van der Waals surface area contributed by atoms with Crippen molar-refractivity contribution in [2.75, 3.05) is 7.11 Å². The molecule has 0 saturated heterocycles. The predicted octanol–water partition coefficient (Wildman–Crippen LogP) is 3.42. The van der Waals surface area contributed by atoms with Crippen LogP contribution in [0.4, 0.5) is 0 Å². The number of nitrogens with zero attached hydrogens (tertiary/aromatic N) is 2. The second-order valence-electron chi connectivity index (χ2n) is 3.79. The fourth-order valence-corrected chi connectivity index (χ4v) is 1.91. The maximum Gasteiger partial charge on any atom is 0.128 e. The molecule has 0 spiro atoms. The molecule has 0 saturated carbocycles. The summed E-state index contributed by atoms with van der Waals surface area (Å²) in [6, 6.07) is 7.40. The SMILES string of the molecule is COc1ccc(Cl)cc1-c1cc(C)nc(C)n1. The Bertz CT molecular complexity index is 535. The molecular formula is C13H13ClN2O. The van der Waals surface area contributed by atoms with Gasteiger partial charge < -0.3 is 4.74 Å². The summed E-state index contributed by atoms with van der Waals surface area (Å²) >= 11 is 6.00. The van der Waals surface area contributed by atoms with Crippen molar-refractivity contribution >= 4 is 11.6 Å². The van der Waals surface area contributed by atoms with Crippen LogP contribution in [-0.4, -0.2) is 17.1 Å². The van der Waals surface area contributed by atoms with Crippen LogP contribution < -0.4 is 4.74 Å². The number of halogens is 1. The second kappa shape index (κ2) is 4.72. The third kappa shape index (κ3) is 2.56. The summed E-state index contributed by atoms with van der Waals surface area (Å²) < 4.78 is 5.32. The monoisotopic (exact) mass is 248 g/mol. The highest BCUT2D eigenvalue weighted by atomic mass is 35.5. The van der Waals surface area contributed by atoms with E-state index in [4.69, 9.17) is 16.3 Å². The quantitative estimate of drug-likeness (QED) is 0.817. The van der Waals surface area contributed by atoms with Crippen LogP contribution in [0.1, 0.15) is 11.5 Å². The summed E-state index contributed by atoms with van der Waals surface area (Å²) in [5.74, 6) is 1.49. The van der Waals surface area contributed by atoms with Crippen molar-refractivity contribution in [1.82, 2.24) is 9.97 Å². The van der Waals surface area contributed by atoms with Crippen LogP contribution in [0.2, 0.25) is 5.02 Å². The molecule has 0 atom stereocenters. The summed E-state index contributed by atoms with van der Waals surface area (Å²) in [5, 5.41) is 0.662. The van der Waals surface area contributed by atoms with E-state index in [9.17, 15) is 0 Å². The van der Waals surface area contributed by atoms with E-state index in [2.05, 4.69) is 9.97 Å². The molecule has 0 unspecified atom stereocenters. The van der Waals surface area contributed by atoms with Crippen LogP contribution >= 0.6 is 11.6 Å². The van der Waals surface area contributed by atoms with E-state index in [1.54, 1.807) is 13.2 Å². The summed E-state index contributed by atoms with van der Waals surface area (Å²) in [7, 11) is 1.63. The zero-order valence-electron chi connectivity index (χ0n) is 9.99. The van der Waals surface area contributed by atoms with Gasteiger partial charge in [-0.05, 0) is 38.1 Å². The maximum atomic E-state index is 6.00. The lowest BCUT2D eigenvalue weighted by atomic mass is 10.1. The van der Waals surface area contributed by atoms with E-state index < -0.39 is 0 Å². The minimum absolute atomic E-state index is 0.662. The number of hydrogen-bond donors (Lipinski definition) is 0. The molecule has 17 heavy (non-hydrogen) atoms. The van der Waals surface area contributed by atoms with Gasteiger partial charge in [-0.3, -0.25) is 0 Å². The smallest absolute Gasteiger partial charge is 0.128 e. The standard InChI is InChI=1S/C13H13ClN2O/c1-8-6-12(16-9(2)15-8)11-7-10(14)4-5-13(11)17-3/h4-7H,1-3H3. The van der Waals surface area contributed by atoms with Crippen molar-refractivity contribution in [1.29, 1.82) is 0 Å². The van der Waals surface area contributed by atoms with Gasteiger partial charge in [0, 0.05) is 16.3 Å². The first-order valence-electron chi connectivity index (χ1n) is 5.26. The normalized spacial score (nSPS) is 10.4. The molecule has 0 N–H and O–H groups in total. The molecule has 0 radical (unpaired) electrons. The van der Waals surface area contributed by atoms with Crippen molar-refractivity contribution in [2.45, 2.75) is 13.8 Å². The molecular weight excluding hydrogens is 236 g/mol. The van der Waals surface area contributed by atoms with Gasteiger partial charge in [-0.2, -0.15) is 0 Å². The summed E-state index contributed by atoms with van der Waals surface area (Å²) in [4.78, 5) is 8.66. The van der Waals surface area contributed by atoms with E-state index in [1.807, 2.05) is 32.0 Å². The van der Waals surface area contributed by atoms with E-state index in [0.717, 1.165) is 28.5 Å². The van der Waals surface area contributed by atoms with E-state index >= 15 is 0 Å². The van der Waals surface area contributed by atoms with Crippen molar-refractivity contribution in [3.63, 3.8) is 0 Å². The molecule has 1 heterocycles. The van der Waals surface area contributed by atoms with Gasteiger partial charge in [-0.1, -0.05) is 11.6 Å². The molecule has 0 aliphatic heterocycles. The Balaban J connectivity index is 2.62.